The third-order valence-corrected chi connectivity index (χ3v) is 5.25. The Hall–Kier alpha value is -1.97. The van der Waals surface area contributed by atoms with Gasteiger partial charge in [-0.1, -0.05) is 36.8 Å². The maximum atomic E-state index is 13.0. The second-order valence-corrected chi connectivity index (χ2v) is 6.53. The van der Waals surface area contributed by atoms with Gasteiger partial charge in [0.15, 0.2) is 0 Å². The van der Waals surface area contributed by atoms with Crippen LogP contribution in [0.15, 0.2) is 48.5 Å². The predicted octanol–water partition coefficient (Wildman–Crippen LogP) is 5.76. The van der Waals surface area contributed by atoms with Crippen LogP contribution in [-0.4, -0.2) is 0 Å². The fourth-order valence-electron chi connectivity index (χ4n) is 4.22. The molecule has 1 heterocycles. The third-order valence-electron chi connectivity index (χ3n) is 5.25. The molecule has 1 fully saturated rings. The van der Waals surface area contributed by atoms with Crippen LogP contribution in [0.25, 0.3) is 0 Å². The SMILES string of the molecule is FC(F)(F)c1ccc2c(c1)C1CCCC1C(c1ccccc1)N2. The van der Waals surface area contributed by atoms with Gasteiger partial charge in [0.1, 0.15) is 0 Å². The summed E-state index contributed by atoms with van der Waals surface area (Å²) in [6.45, 7) is 0. The van der Waals surface area contributed by atoms with E-state index in [1.807, 2.05) is 18.2 Å². The number of hydrogen-bond donors (Lipinski definition) is 1. The minimum atomic E-state index is -4.28. The van der Waals surface area contributed by atoms with E-state index < -0.39 is 11.7 Å². The van der Waals surface area contributed by atoms with E-state index in [1.54, 1.807) is 6.07 Å². The number of nitrogens with one attached hydrogen (secondary N) is 1. The lowest BCUT2D eigenvalue weighted by Crippen LogP contribution is -2.29. The molecule has 0 aromatic heterocycles. The summed E-state index contributed by atoms with van der Waals surface area (Å²) in [6, 6.07) is 14.5. The van der Waals surface area contributed by atoms with E-state index in [9.17, 15) is 13.2 Å². The molecule has 0 bridgehead atoms. The first-order chi connectivity index (χ1) is 11.0. The maximum absolute atomic E-state index is 13.0. The zero-order valence-electron chi connectivity index (χ0n) is 12.6. The first kappa shape index (κ1) is 14.6. The Morgan fingerprint density at radius 1 is 0.957 bits per heavy atom. The Bertz CT molecular complexity index is 708. The van der Waals surface area contributed by atoms with E-state index in [2.05, 4.69) is 17.4 Å². The third kappa shape index (κ3) is 2.50. The Balaban J connectivity index is 1.77. The highest BCUT2D eigenvalue weighted by atomic mass is 19.4. The minimum absolute atomic E-state index is 0.188. The smallest absolute Gasteiger partial charge is 0.378 e. The first-order valence-electron chi connectivity index (χ1n) is 8.06. The first-order valence-corrected chi connectivity index (χ1v) is 8.06. The van der Waals surface area contributed by atoms with Gasteiger partial charge < -0.3 is 5.32 Å². The van der Waals surface area contributed by atoms with Gasteiger partial charge in [-0.15, -0.1) is 0 Å². The number of rotatable bonds is 1. The van der Waals surface area contributed by atoms with Crippen molar-refractivity contribution < 1.29 is 13.2 Å². The van der Waals surface area contributed by atoms with E-state index in [0.717, 1.165) is 30.5 Å². The number of hydrogen-bond acceptors (Lipinski definition) is 1. The van der Waals surface area contributed by atoms with Crippen LogP contribution in [-0.2, 0) is 6.18 Å². The number of halogens is 3. The van der Waals surface area contributed by atoms with Gasteiger partial charge in [-0.05, 0) is 54.0 Å². The Kier molecular flexibility index (Phi) is 3.36. The van der Waals surface area contributed by atoms with Gasteiger partial charge >= 0.3 is 6.18 Å². The summed E-state index contributed by atoms with van der Waals surface area (Å²) in [5.41, 5.74) is 2.38. The molecule has 1 N–H and O–H groups in total. The molecule has 1 saturated carbocycles. The zero-order valence-corrected chi connectivity index (χ0v) is 12.6. The molecule has 3 unspecified atom stereocenters. The minimum Gasteiger partial charge on any atom is -0.378 e. The summed E-state index contributed by atoms with van der Waals surface area (Å²) < 4.78 is 39.1. The summed E-state index contributed by atoms with van der Waals surface area (Å²) in [5, 5.41) is 3.50. The second kappa shape index (κ2) is 5.29. The Labute approximate surface area is 133 Å². The summed E-state index contributed by atoms with van der Waals surface area (Å²) in [6.07, 6.45) is -1.16. The summed E-state index contributed by atoms with van der Waals surface area (Å²) >= 11 is 0. The molecule has 2 aromatic carbocycles. The summed E-state index contributed by atoms with van der Waals surface area (Å²) in [5.74, 6) is 0.590. The molecule has 0 radical (unpaired) electrons. The number of benzene rings is 2. The maximum Gasteiger partial charge on any atom is 0.416 e. The highest BCUT2D eigenvalue weighted by molar-refractivity contribution is 5.59. The zero-order chi connectivity index (χ0) is 16.0. The lowest BCUT2D eigenvalue weighted by molar-refractivity contribution is -0.137. The van der Waals surface area contributed by atoms with Crippen LogP contribution < -0.4 is 5.32 Å². The molecule has 1 aliphatic carbocycles. The lowest BCUT2D eigenvalue weighted by atomic mass is 9.77. The molecule has 2 aromatic rings. The summed E-state index contributed by atoms with van der Waals surface area (Å²) in [4.78, 5) is 0. The monoisotopic (exact) mass is 317 g/mol. The second-order valence-electron chi connectivity index (χ2n) is 6.53. The Morgan fingerprint density at radius 2 is 1.74 bits per heavy atom. The molecule has 23 heavy (non-hydrogen) atoms. The van der Waals surface area contributed by atoms with E-state index in [4.69, 9.17) is 0 Å². The van der Waals surface area contributed by atoms with Gasteiger partial charge in [0.25, 0.3) is 0 Å². The molecule has 4 rings (SSSR count). The van der Waals surface area contributed by atoms with Crippen LogP contribution in [0.5, 0.6) is 0 Å². The van der Waals surface area contributed by atoms with Crippen LogP contribution in [0.1, 0.15) is 47.9 Å². The molecule has 2 aliphatic rings. The van der Waals surface area contributed by atoms with Crippen molar-refractivity contribution in [1.29, 1.82) is 0 Å². The molecule has 1 aliphatic heterocycles. The van der Waals surface area contributed by atoms with E-state index in [-0.39, 0.29) is 12.0 Å². The van der Waals surface area contributed by atoms with Crippen molar-refractivity contribution in [3.05, 3.63) is 65.2 Å². The van der Waals surface area contributed by atoms with Crippen molar-refractivity contribution >= 4 is 5.69 Å². The average molecular weight is 317 g/mol. The van der Waals surface area contributed by atoms with Crippen LogP contribution >= 0.6 is 0 Å². The van der Waals surface area contributed by atoms with E-state index in [0.29, 0.717) is 5.92 Å². The van der Waals surface area contributed by atoms with Crippen LogP contribution in [0.3, 0.4) is 0 Å². The molecule has 120 valence electrons. The fraction of sp³-hybridized carbons (Fsp3) is 0.368. The molecule has 4 heteroatoms. The lowest BCUT2D eigenvalue weighted by Gasteiger charge is -2.38. The topological polar surface area (TPSA) is 12.0 Å². The van der Waals surface area contributed by atoms with Gasteiger partial charge in [-0.3, -0.25) is 0 Å². The van der Waals surface area contributed by atoms with Crippen molar-refractivity contribution in [2.24, 2.45) is 5.92 Å². The van der Waals surface area contributed by atoms with Crippen molar-refractivity contribution in [2.45, 2.75) is 37.4 Å². The number of anilines is 1. The van der Waals surface area contributed by atoms with Crippen LogP contribution in [0, 0.1) is 5.92 Å². The van der Waals surface area contributed by atoms with E-state index in [1.165, 1.54) is 17.7 Å². The highest BCUT2D eigenvalue weighted by Gasteiger charge is 2.41. The molecule has 0 amide bonds. The quantitative estimate of drug-likeness (QED) is 0.705. The Morgan fingerprint density at radius 3 is 2.48 bits per heavy atom. The van der Waals surface area contributed by atoms with Crippen molar-refractivity contribution in [3.8, 4) is 0 Å². The van der Waals surface area contributed by atoms with Crippen molar-refractivity contribution in [2.75, 3.05) is 5.32 Å². The normalized spacial score (nSPS) is 26.3. The molecule has 0 saturated heterocycles. The van der Waals surface area contributed by atoms with Gasteiger partial charge in [0.2, 0.25) is 0 Å². The molecule has 3 atom stereocenters. The molecule has 0 spiro atoms. The van der Waals surface area contributed by atoms with Crippen LogP contribution in [0.2, 0.25) is 0 Å². The summed E-state index contributed by atoms with van der Waals surface area (Å²) in [7, 11) is 0. The average Bonchev–Trinajstić information content (AvgIpc) is 3.03. The highest BCUT2D eigenvalue weighted by Crippen LogP contribution is 2.53. The van der Waals surface area contributed by atoms with Crippen LogP contribution in [0.4, 0.5) is 18.9 Å². The number of alkyl halides is 3. The van der Waals surface area contributed by atoms with Gasteiger partial charge in [-0.25, -0.2) is 0 Å². The van der Waals surface area contributed by atoms with Crippen molar-refractivity contribution in [3.63, 3.8) is 0 Å². The number of fused-ring (bicyclic) bond motifs is 3. The molecular weight excluding hydrogens is 299 g/mol. The van der Waals surface area contributed by atoms with Crippen molar-refractivity contribution in [1.82, 2.24) is 0 Å². The fourth-order valence-corrected chi connectivity index (χ4v) is 4.22. The molecular formula is C19H18F3N. The van der Waals surface area contributed by atoms with Gasteiger partial charge in [-0.2, -0.15) is 13.2 Å². The van der Waals surface area contributed by atoms with Gasteiger partial charge in [0.05, 0.1) is 11.6 Å². The molecule has 1 nitrogen and oxygen atoms in total. The standard InChI is InChI=1S/C19H18F3N/c20-19(21,22)13-9-10-17-16(11-13)14-7-4-8-15(14)18(23-17)12-5-2-1-3-6-12/h1-3,5-6,9-11,14-15,18,23H,4,7-8H2. The van der Waals surface area contributed by atoms with Gasteiger partial charge in [0, 0.05) is 5.69 Å². The van der Waals surface area contributed by atoms with E-state index >= 15 is 0 Å². The largest absolute Gasteiger partial charge is 0.416 e. The predicted molar refractivity (Wildman–Crippen MR) is 84.3 cm³/mol.